The van der Waals surface area contributed by atoms with Crippen molar-refractivity contribution in [2.45, 2.75) is 27.0 Å². The smallest absolute Gasteiger partial charge is 0.265 e. The number of amides is 1. The zero-order valence-corrected chi connectivity index (χ0v) is 20.5. The molecule has 1 amide bonds. The first-order chi connectivity index (χ1) is 16.2. The van der Waals surface area contributed by atoms with E-state index in [-0.39, 0.29) is 18.3 Å². The predicted molar refractivity (Wildman–Crippen MR) is 130 cm³/mol. The van der Waals surface area contributed by atoms with E-state index in [9.17, 15) is 13.6 Å². The molecule has 5 nitrogen and oxygen atoms in total. The summed E-state index contributed by atoms with van der Waals surface area (Å²) < 4.78 is 33.9. The van der Waals surface area contributed by atoms with Crippen molar-refractivity contribution in [2.24, 2.45) is 0 Å². The van der Waals surface area contributed by atoms with Gasteiger partial charge in [-0.2, -0.15) is 5.10 Å². The molecule has 4 aromatic rings. The van der Waals surface area contributed by atoms with Crippen LogP contribution in [-0.2, 0) is 13.2 Å². The van der Waals surface area contributed by atoms with Crippen molar-refractivity contribution >= 4 is 46.1 Å². The number of hydrogen-bond donors (Lipinski definition) is 1. The second kappa shape index (κ2) is 10.1. The van der Waals surface area contributed by atoms with Gasteiger partial charge in [0, 0.05) is 27.2 Å². The maximum absolute atomic E-state index is 13.7. The number of nitrogens with zero attached hydrogens (tertiary/aromatic N) is 2. The summed E-state index contributed by atoms with van der Waals surface area (Å²) in [5.74, 6) is -1.82. The second-order valence-corrected chi connectivity index (χ2v) is 9.27. The number of carbonyl (C=O) groups is 1. The summed E-state index contributed by atoms with van der Waals surface area (Å²) in [4.78, 5) is 13.3. The predicted octanol–water partition coefficient (Wildman–Crippen LogP) is 7.03. The number of anilines is 1. The standard InChI is InChI=1S/C24H19Cl2F2N3O2S/c1-13-23(14(2)31(30-13)10-17-18(25)4-3-5-19(17)26)29-24(32)22-8-15(12-34-22)11-33-21-7-6-16(27)9-20(21)28/h3-9,12H,10-11H2,1-2H3,(H,29,32). The number of aromatic nitrogens is 2. The molecule has 2 aromatic heterocycles. The van der Waals surface area contributed by atoms with Crippen LogP contribution in [0.25, 0.3) is 0 Å². The molecule has 2 aromatic carbocycles. The first kappa shape index (κ1) is 24.2. The van der Waals surface area contributed by atoms with Gasteiger partial charge in [0.15, 0.2) is 11.6 Å². The summed E-state index contributed by atoms with van der Waals surface area (Å²) in [6, 6.07) is 10.1. The van der Waals surface area contributed by atoms with Gasteiger partial charge in [0.25, 0.3) is 5.91 Å². The Balaban J connectivity index is 1.44. The maximum atomic E-state index is 13.7. The number of aryl methyl sites for hydroxylation is 1. The highest BCUT2D eigenvalue weighted by atomic mass is 35.5. The van der Waals surface area contributed by atoms with Crippen LogP contribution in [0.15, 0.2) is 47.8 Å². The van der Waals surface area contributed by atoms with Gasteiger partial charge in [-0.1, -0.05) is 29.3 Å². The lowest BCUT2D eigenvalue weighted by Crippen LogP contribution is -2.12. The fourth-order valence-electron chi connectivity index (χ4n) is 3.36. The first-order valence-corrected chi connectivity index (χ1v) is 11.8. The summed E-state index contributed by atoms with van der Waals surface area (Å²) in [6.45, 7) is 4.06. The largest absolute Gasteiger partial charge is 0.486 e. The van der Waals surface area contributed by atoms with Gasteiger partial charge in [-0.05, 0) is 49.6 Å². The first-order valence-electron chi connectivity index (χ1n) is 10.2. The average Bonchev–Trinajstić information content (AvgIpc) is 3.36. The number of carbonyl (C=O) groups excluding carboxylic acids is 1. The molecule has 10 heteroatoms. The van der Waals surface area contributed by atoms with Gasteiger partial charge in [-0.3, -0.25) is 9.48 Å². The zero-order chi connectivity index (χ0) is 24.4. The molecule has 0 aliphatic heterocycles. The molecule has 0 radical (unpaired) electrons. The third-order valence-electron chi connectivity index (χ3n) is 5.16. The van der Waals surface area contributed by atoms with Gasteiger partial charge < -0.3 is 10.1 Å². The SMILES string of the molecule is Cc1nn(Cc2c(Cl)cccc2Cl)c(C)c1NC(=O)c1cc(COc2ccc(F)cc2F)cs1. The summed E-state index contributed by atoms with van der Waals surface area (Å²) in [5, 5.41) is 10.3. The summed E-state index contributed by atoms with van der Waals surface area (Å²) in [5.41, 5.74) is 3.45. The molecule has 0 atom stereocenters. The van der Waals surface area contributed by atoms with Crippen molar-refractivity contribution in [3.63, 3.8) is 0 Å². The molecule has 0 saturated heterocycles. The van der Waals surface area contributed by atoms with Crippen molar-refractivity contribution in [3.05, 3.63) is 96.9 Å². The molecule has 0 aliphatic carbocycles. The van der Waals surface area contributed by atoms with E-state index in [1.807, 2.05) is 6.92 Å². The lowest BCUT2D eigenvalue weighted by Gasteiger charge is -2.09. The van der Waals surface area contributed by atoms with Crippen LogP contribution in [0.1, 0.15) is 32.2 Å². The molecule has 0 saturated carbocycles. The lowest BCUT2D eigenvalue weighted by atomic mass is 10.2. The average molecular weight is 522 g/mol. The Labute approximate surface area is 208 Å². The Morgan fingerprint density at radius 2 is 1.88 bits per heavy atom. The highest BCUT2D eigenvalue weighted by Gasteiger charge is 2.18. The number of benzene rings is 2. The molecule has 4 rings (SSSR count). The van der Waals surface area contributed by atoms with Crippen LogP contribution in [0.4, 0.5) is 14.5 Å². The topological polar surface area (TPSA) is 56.2 Å². The molecular weight excluding hydrogens is 503 g/mol. The van der Waals surface area contributed by atoms with Crippen molar-refractivity contribution in [2.75, 3.05) is 5.32 Å². The zero-order valence-electron chi connectivity index (χ0n) is 18.2. The van der Waals surface area contributed by atoms with E-state index < -0.39 is 11.6 Å². The van der Waals surface area contributed by atoms with Gasteiger partial charge in [0.05, 0.1) is 28.5 Å². The summed E-state index contributed by atoms with van der Waals surface area (Å²) in [6.07, 6.45) is 0. The normalized spacial score (nSPS) is 11.0. The fraction of sp³-hybridized carbons (Fsp3) is 0.167. The van der Waals surface area contributed by atoms with Crippen LogP contribution in [0.5, 0.6) is 5.75 Å². The number of halogens is 4. The van der Waals surface area contributed by atoms with E-state index in [1.165, 1.54) is 17.4 Å². The van der Waals surface area contributed by atoms with Gasteiger partial charge >= 0.3 is 0 Å². The van der Waals surface area contributed by atoms with Crippen LogP contribution in [0.3, 0.4) is 0 Å². The van der Waals surface area contributed by atoms with Crippen LogP contribution < -0.4 is 10.1 Å². The highest BCUT2D eigenvalue weighted by molar-refractivity contribution is 7.12. The minimum absolute atomic E-state index is 0.0426. The van der Waals surface area contributed by atoms with Gasteiger partial charge in [-0.25, -0.2) is 8.78 Å². The van der Waals surface area contributed by atoms with Gasteiger partial charge in [-0.15, -0.1) is 11.3 Å². The Morgan fingerprint density at radius 1 is 1.15 bits per heavy atom. The van der Waals surface area contributed by atoms with Gasteiger partial charge in [0.2, 0.25) is 0 Å². The molecule has 0 unspecified atom stereocenters. The minimum Gasteiger partial charge on any atom is -0.486 e. The van der Waals surface area contributed by atoms with Crippen molar-refractivity contribution in [1.29, 1.82) is 0 Å². The third kappa shape index (κ3) is 5.24. The van der Waals surface area contributed by atoms with E-state index in [1.54, 1.807) is 41.3 Å². The van der Waals surface area contributed by atoms with E-state index >= 15 is 0 Å². The van der Waals surface area contributed by atoms with Crippen LogP contribution in [0.2, 0.25) is 10.0 Å². The number of ether oxygens (including phenoxy) is 1. The number of nitrogens with one attached hydrogen (secondary N) is 1. The van der Waals surface area contributed by atoms with Crippen molar-refractivity contribution in [1.82, 2.24) is 9.78 Å². The summed E-state index contributed by atoms with van der Waals surface area (Å²) in [7, 11) is 0. The Morgan fingerprint density at radius 3 is 2.59 bits per heavy atom. The van der Waals surface area contributed by atoms with E-state index in [0.29, 0.717) is 38.4 Å². The molecule has 0 fully saturated rings. The molecule has 34 heavy (non-hydrogen) atoms. The number of hydrogen-bond acceptors (Lipinski definition) is 4. The molecule has 0 spiro atoms. The molecule has 176 valence electrons. The summed E-state index contributed by atoms with van der Waals surface area (Å²) >= 11 is 13.8. The van der Waals surface area contributed by atoms with E-state index in [2.05, 4.69) is 10.4 Å². The van der Waals surface area contributed by atoms with Crippen LogP contribution >= 0.6 is 34.5 Å². The minimum atomic E-state index is -0.783. The molecule has 2 heterocycles. The van der Waals surface area contributed by atoms with E-state index in [4.69, 9.17) is 27.9 Å². The molecule has 0 aliphatic rings. The Bertz CT molecular complexity index is 1350. The Kier molecular flexibility index (Phi) is 7.21. The van der Waals surface area contributed by atoms with E-state index in [0.717, 1.165) is 23.4 Å². The molecule has 0 bridgehead atoms. The third-order valence-corrected chi connectivity index (χ3v) is 6.84. The Hall–Kier alpha value is -2.94. The number of thiophene rings is 1. The fourth-order valence-corrected chi connectivity index (χ4v) is 4.67. The van der Waals surface area contributed by atoms with Crippen LogP contribution in [0, 0.1) is 25.5 Å². The molecular formula is C24H19Cl2F2N3O2S. The van der Waals surface area contributed by atoms with Crippen molar-refractivity contribution < 1.29 is 18.3 Å². The van der Waals surface area contributed by atoms with Crippen molar-refractivity contribution in [3.8, 4) is 5.75 Å². The molecule has 1 N–H and O–H groups in total. The van der Waals surface area contributed by atoms with Crippen LogP contribution in [-0.4, -0.2) is 15.7 Å². The highest BCUT2D eigenvalue weighted by Crippen LogP contribution is 2.28. The maximum Gasteiger partial charge on any atom is 0.265 e. The lowest BCUT2D eigenvalue weighted by molar-refractivity contribution is 0.103. The quantitative estimate of drug-likeness (QED) is 0.284. The number of rotatable bonds is 7. The monoisotopic (exact) mass is 521 g/mol. The van der Waals surface area contributed by atoms with Gasteiger partial charge in [0.1, 0.15) is 12.4 Å². The second-order valence-electron chi connectivity index (χ2n) is 7.54.